The molecule has 2 nitrogen and oxygen atoms in total. The summed E-state index contributed by atoms with van der Waals surface area (Å²) in [7, 11) is 0. The third-order valence-corrected chi connectivity index (χ3v) is 9.25. The number of hydrogen-bond acceptors (Lipinski definition) is 2. The summed E-state index contributed by atoms with van der Waals surface area (Å²) in [6.07, 6.45) is 9.49. The van der Waals surface area contributed by atoms with E-state index in [1.165, 1.54) is 25.7 Å². The third-order valence-electron chi connectivity index (χ3n) is 9.25. The molecule has 6 saturated carbocycles. The van der Waals surface area contributed by atoms with Gasteiger partial charge < -0.3 is 0 Å². The van der Waals surface area contributed by atoms with Crippen molar-refractivity contribution in [3.05, 3.63) is 0 Å². The molecule has 0 radical (unpaired) electrons. The van der Waals surface area contributed by atoms with Crippen LogP contribution in [0.5, 0.6) is 0 Å². The molecule has 6 rings (SSSR count). The summed E-state index contributed by atoms with van der Waals surface area (Å²) in [4.78, 5) is 9.81. The number of hydrogen-bond donors (Lipinski definition) is 0. The number of aliphatic imine (C=N–C) groups is 2. The predicted octanol–water partition coefficient (Wildman–Crippen LogP) is 5.27. The Morgan fingerprint density at radius 3 is 1.33 bits per heavy atom. The van der Waals surface area contributed by atoms with Crippen molar-refractivity contribution in [2.24, 2.45) is 56.3 Å². The highest BCUT2D eigenvalue weighted by molar-refractivity contribution is 6.16. The maximum Gasteiger partial charge on any atom is 0.0531 e. The molecule has 6 aliphatic rings. The molecule has 0 N–H and O–H groups in total. The third kappa shape index (κ3) is 2.27. The van der Waals surface area contributed by atoms with Crippen molar-refractivity contribution < 1.29 is 0 Å². The van der Waals surface area contributed by atoms with Crippen LogP contribution in [-0.2, 0) is 0 Å². The molecule has 0 aromatic heterocycles. The topological polar surface area (TPSA) is 24.7 Å². The first-order valence-corrected chi connectivity index (χ1v) is 10.3. The van der Waals surface area contributed by atoms with E-state index in [4.69, 9.17) is 9.98 Å². The van der Waals surface area contributed by atoms with Gasteiger partial charge in [0.25, 0.3) is 0 Å². The van der Waals surface area contributed by atoms with Crippen molar-refractivity contribution in [3.8, 4) is 0 Å². The van der Waals surface area contributed by atoms with Crippen LogP contribution in [0.15, 0.2) is 9.98 Å². The van der Waals surface area contributed by atoms with Crippen LogP contribution in [0.2, 0.25) is 0 Å². The van der Waals surface area contributed by atoms with Crippen LogP contribution in [-0.4, -0.2) is 24.5 Å². The Morgan fingerprint density at radius 2 is 1.04 bits per heavy atom. The normalized spacial score (nSPS) is 51.4. The Kier molecular flexibility index (Phi) is 3.79. The molecule has 0 saturated heterocycles. The van der Waals surface area contributed by atoms with Gasteiger partial charge in [0.1, 0.15) is 0 Å². The van der Waals surface area contributed by atoms with E-state index in [-0.39, 0.29) is 0 Å². The SMILES string of the molecule is C[C@@H]1[C@H]2C[C@@H](C[C@H]1N=CC=N[C@@H]1C[C@@H]3C[C@H]([C@H]1C)C3(C)C)C2(C)C. The van der Waals surface area contributed by atoms with E-state index >= 15 is 0 Å². The minimum absolute atomic E-state index is 0.532. The number of nitrogens with zero attached hydrogens (tertiary/aromatic N) is 2. The summed E-state index contributed by atoms with van der Waals surface area (Å²) >= 11 is 0. The lowest BCUT2D eigenvalue weighted by Gasteiger charge is -2.61. The molecule has 6 fully saturated rings. The molecule has 0 aliphatic heterocycles. The summed E-state index contributed by atoms with van der Waals surface area (Å²) in [5.41, 5.74) is 1.12. The monoisotopic (exact) mass is 328 g/mol. The molecule has 134 valence electrons. The highest BCUT2D eigenvalue weighted by Gasteiger charge is 2.57. The highest BCUT2D eigenvalue weighted by atomic mass is 14.9. The zero-order valence-electron chi connectivity index (χ0n) is 16.5. The minimum Gasteiger partial charge on any atom is -0.288 e. The fraction of sp³-hybridized carbons (Fsp3) is 0.909. The van der Waals surface area contributed by atoms with Gasteiger partial charge in [-0.2, -0.15) is 0 Å². The zero-order chi connectivity index (χ0) is 17.3. The highest BCUT2D eigenvalue weighted by Crippen LogP contribution is 2.62. The first-order chi connectivity index (χ1) is 11.2. The Bertz CT molecular complexity index is 508. The molecule has 8 atom stereocenters. The summed E-state index contributed by atoms with van der Waals surface area (Å²) in [6.45, 7) is 14.7. The van der Waals surface area contributed by atoms with Gasteiger partial charge in [-0.3, -0.25) is 9.98 Å². The van der Waals surface area contributed by atoms with E-state index in [1.807, 2.05) is 12.4 Å². The number of rotatable bonds is 3. The maximum absolute atomic E-state index is 4.90. The molecule has 0 amide bonds. The van der Waals surface area contributed by atoms with Crippen molar-refractivity contribution >= 4 is 12.4 Å². The largest absolute Gasteiger partial charge is 0.288 e. The lowest BCUT2D eigenvalue weighted by atomic mass is 9.45. The first kappa shape index (κ1) is 16.8. The van der Waals surface area contributed by atoms with Crippen molar-refractivity contribution in [2.75, 3.05) is 0 Å². The van der Waals surface area contributed by atoms with Crippen molar-refractivity contribution in [3.63, 3.8) is 0 Å². The summed E-state index contributed by atoms with van der Waals surface area (Å²) in [5, 5.41) is 0. The molecule has 4 bridgehead atoms. The van der Waals surface area contributed by atoms with E-state index in [0.717, 1.165) is 35.5 Å². The van der Waals surface area contributed by atoms with Crippen LogP contribution in [0.1, 0.15) is 67.2 Å². The lowest BCUT2D eigenvalue weighted by Crippen LogP contribution is -2.56. The van der Waals surface area contributed by atoms with E-state index in [0.29, 0.717) is 22.9 Å². The summed E-state index contributed by atoms with van der Waals surface area (Å²) in [5.74, 6) is 5.01. The first-order valence-electron chi connectivity index (χ1n) is 10.3. The molecule has 0 unspecified atom stereocenters. The fourth-order valence-electron chi connectivity index (χ4n) is 6.94. The van der Waals surface area contributed by atoms with Gasteiger partial charge in [0.2, 0.25) is 0 Å². The molecule has 2 heteroatoms. The van der Waals surface area contributed by atoms with Crippen LogP contribution in [0.3, 0.4) is 0 Å². The average Bonchev–Trinajstić information content (AvgIpc) is 2.52. The van der Waals surface area contributed by atoms with Gasteiger partial charge in [0.15, 0.2) is 0 Å². The fourth-order valence-corrected chi connectivity index (χ4v) is 6.94. The standard InChI is InChI=1S/C22H36N2/c1-13-17-9-15(21(17,3)4)11-19(13)23-7-8-24-20-12-16-10-18(14(20)2)22(16,5)6/h7-8,13-20H,9-12H2,1-6H3/t13-,14-,15+,16+,17-,18-,19-,20-/m1/s1. The quantitative estimate of drug-likeness (QED) is 0.631. The van der Waals surface area contributed by atoms with Gasteiger partial charge in [0, 0.05) is 12.4 Å². The van der Waals surface area contributed by atoms with Crippen LogP contribution in [0.4, 0.5) is 0 Å². The van der Waals surface area contributed by atoms with E-state index < -0.39 is 0 Å². The second kappa shape index (κ2) is 5.42. The second-order valence-corrected chi connectivity index (χ2v) is 10.6. The van der Waals surface area contributed by atoms with Crippen LogP contribution < -0.4 is 0 Å². The van der Waals surface area contributed by atoms with Gasteiger partial charge in [-0.15, -0.1) is 0 Å². The van der Waals surface area contributed by atoms with Crippen molar-refractivity contribution in [2.45, 2.75) is 79.3 Å². The van der Waals surface area contributed by atoms with E-state index in [1.54, 1.807) is 0 Å². The molecular weight excluding hydrogens is 292 g/mol. The molecular formula is C22H36N2. The van der Waals surface area contributed by atoms with Gasteiger partial charge in [-0.25, -0.2) is 0 Å². The average molecular weight is 329 g/mol. The Morgan fingerprint density at radius 1 is 0.667 bits per heavy atom. The van der Waals surface area contributed by atoms with Crippen molar-refractivity contribution in [1.29, 1.82) is 0 Å². The van der Waals surface area contributed by atoms with Gasteiger partial charge in [-0.05, 0) is 72.0 Å². The summed E-state index contributed by atoms with van der Waals surface area (Å²) in [6, 6.07) is 1.06. The lowest BCUT2D eigenvalue weighted by molar-refractivity contribution is -0.108. The van der Waals surface area contributed by atoms with Crippen molar-refractivity contribution in [1.82, 2.24) is 0 Å². The van der Waals surface area contributed by atoms with E-state index in [2.05, 4.69) is 41.5 Å². The van der Waals surface area contributed by atoms with Crippen LogP contribution >= 0.6 is 0 Å². The van der Waals surface area contributed by atoms with Crippen LogP contribution in [0, 0.1) is 46.3 Å². The molecule has 0 aromatic carbocycles. The maximum atomic E-state index is 4.90. The van der Waals surface area contributed by atoms with Gasteiger partial charge >= 0.3 is 0 Å². The zero-order valence-corrected chi connectivity index (χ0v) is 16.5. The predicted molar refractivity (Wildman–Crippen MR) is 103 cm³/mol. The Labute approximate surface area is 148 Å². The van der Waals surface area contributed by atoms with Gasteiger partial charge in [-0.1, -0.05) is 41.5 Å². The molecule has 0 aromatic rings. The summed E-state index contributed by atoms with van der Waals surface area (Å²) < 4.78 is 0. The Hall–Kier alpha value is -0.660. The van der Waals surface area contributed by atoms with E-state index in [9.17, 15) is 0 Å². The second-order valence-electron chi connectivity index (χ2n) is 10.6. The molecule has 24 heavy (non-hydrogen) atoms. The Balaban J connectivity index is 1.33. The number of fused-ring (bicyclic) bond motifs is 4. The smallest absolute Gasteiger partial charge is 0.0531 e. The van der Waals surface area contributed by atoms with Crippen LogP contribution in [0.25, 0.3) is 0 Å². The minimum atomic E-state index is 0.532. The molecule has 6 aliphatic carbocycles. The molecule has 0 heterocycles. The van der Waals surface area contributed by atoms with Gasteiger partial charge in [0.05, 0.1) is 12.1 Å². The molecule has 0 spiro atoms.